The van der Waals surface area contributed by atoms with Gasteiger partial charge in [-0.25, -0.2) is 4.79 Å². The Labute approximate surface area is 120 Å². The molecular weight excluding hydrogens is 280 g/mol. The summed E-state index contributed by atoms with van der Waals surface area (Å²) in [7, 11) is 0. The maximum atomic E-state index is 11.9. The van der Waals surface area contributed by atoms with Gasteiger partial charge in [-0.05, 0) is 13.8 Å². The first kappa shape index (κ1) is 14.6. The number of nitrogens with zero attached hydrogens (tertiary/aromatic N) is 3. The highest BCUT2D eigenvalue weighted by atomic mass is 32.2. The number of rotatable bonds is 4. The van der Waals surface area contributed by atoms with Gasteiger partial charge in [0.25, 0.3) is 5.56 Å². The van der Waals surface area contributed by atoms with Crippen LogP contribution in [0.4, 0.5) is 4.79 Å². The Kier molecular flexibility index (Phi) is 4.43. The molecule has 2 heterocycles. The first-order chi connectivity index (χ1) is 9.49. The minimum atomic E-state index is -0.363. The summed E-state index contributed by atoms with van der Waals surface area (Å²) in [6.07, 6.45) is 1.66. The largest absolute Gasteiger partial charge is 0.336 e. The Hall–Kier alpha value is -1.83. The monoisotopic (exact) mass is 296 g/mol. The van der Waals surface area contributed by atoms with Crippen molar-refractivity contribution in [3.63, 3.8) is 0 Å². The lowest BCUT2D eigenvalue weighted by atomic mass is 10.4. The number of carbonyl (C=O) groups excluding carboxylic acids is 2. The number of nitrogens with one attached hydrogen (secondary N) is 1. The molecule has 0 spiro atoms. The third-order valence-electron chi connectivity index (χ3n) is 2.84. The molecular formula is C12H16N4O3S. The van der Waals surface area contributed by atoms with Gasteiger partial charge in [0.2, 0.25) is 5.91 Å². The zero-order chi connectivity index (χ0) is 14.7. The summed E-state index contributed by atoms with van der Waals surface area (Å²) in [4.78, 5) is 39.7. The topological polar surface area (TPSA) is 84.3 Å². The molecule has 1 aromatic heterocycles. The summed E-state index contributed by atoms with van der Waals surface area (Å²) in [5, 5.41) is 3.06. The number of hydrogen-bond donors (Lipinski definition) is 1. The SMILES string of the molecule is CC(C)n1ccc(=O)nc1SCC(=O)N1CCNC1=O. The maximum Gasteiger partial charge on any atom is 0.324 e. The lowest BCUT2D eigenvalue weighted by Crippen LogP contribution is -2.35. The van der Waals surface area contributed by atoms with Crippen molar-refractivity contribution in [1.29, 1.82) is 0 Å². The molecule has 20 heavy (non-hydrogen) atoms. The molecule has 3 amide bonds. The van der Waals surface area contributed by atoms with Crippen molar-refractivity contribution in [3.8, 4) is 0 Å². The van der Waals surface area contributed by atoms with E-state index in [-0.39, 0.29) is 29.3 Å². The Balaban J connectivity index is 2.07. The Morgan fingerprint density at radius 1 is 1.50 bits per heavy atom. The van der Waals surface area contributed by atoms with Gasteiger partial charge in [0, 0.05) is 31.4 Å². The maximum absolute atomic E-state index is 11.9. The molecule has 108 valence electrons. The van der Waals surface area contributed by atoms with Gasteiger partial charge in [0.05, 0.1) is 5.75 Å². The van der Waals surface area contributed by atoms with E-state index in [0.29, 0.717) is 18.2 Å². The molecule has 1 aliphatic rings. The lowest BCUT2D eigenvalue weighted by molar-refractivity contribution is -0.124. The van der Waals surface area contributed by atoms with E-state index in [0.717, 1.165) is 0 Å². The van der Waals surface area contributed by atoms with Crippen LogP contribution in [0.2, 0.25) is 0 Å². The quantitative estimate of drug-likeness (QED) is 0.645. The molecule has 1 saturated heterocycles. The van der Waals surface area contributed by atoms with Crippen LogP contribution in [0.25, 0.3) is 0 Å². The molecule has 1 aromatic rings. The molecule has 0 unspecified atom stereocenters. The van der Waals surface area contributed by atoms with Crippen LogP contribution < -0.4 is 10.9 Å². The lowest BCUT2D eigenvalue weighted by Gasteiger charge is -2.16. The second kappa shape index (κ2) is 6.08. The van der Waals surface area contributed by atoms with E-state index in [9.17, 15) is 14.4 Å². The van der Waals surface area contributed by atoms with E-state index in [2.05, 4.69) is 10.3 Å². The van der Waals surface area contributed by atoms with Crippen LogP contribution in [0, 0.1) is 0 Å². The Morgan fingerprint density at radius 2 is 2.25 bits per heavy atom. The highest BCUT2D eigenvalue weighted by Gasteiger charge is 2.26. The number of urea groups is 1. The number of thioether (sulfide) groups is 1. The Morgan fingerprint density at radius 3 is 2.85 bits per heavy atom. The molecule has 0 aliphatic carbocycles. The van der Waals surface area contributed by atoms with Gasteiger partial charge >= 0.3 is 6.03 Å². The second-order valence-electron chi connectivity index (χ2n) is 4.62. The van der Waals surface area contributed by atoms with Crippen LogP contribution in [0.1, 0.15) is 19.9 Å². The average Bonchev–Trinajstić information content (AvgIpc) is 2.82. The van der Waals surface area contributed by atoms with E-state index in [1.807, 2.05) is 18.4 Å². The third kappa shape index (κ3) is 3.19. The van der Waals surface area contributed by atoms with Crippen molar-refractivity contribution in [2.45, 2.75) is 25.0 Å². The van der Waals surface area contributed by atoms with Crippen molar-refractivity contribution in [2.75, 3.05) is 18.8 Å². The molecule has 0 saturated carbocycles. The van der Waals surface area contributed by atoms with Crippen molar-refractivity contribution in [2.24, 2.45) is 0 Å². The minimum absolute atomic E-state index is 0.0800. The van der Waals surface area contributed by atoms with Crippen LogP contribution in [-0.4, -0.2) is 45.2 Å². The van der Waals surface area contributed by atoms with Crippen LogP contribution in [0.15, 0.2) is 22.2 Å². The molecule has 8 heteroatoms. The minimum Gasteiger partial charge on any atom is -0.336 e. The fourth-order valence-electron chi connectivity index (χ4n) is 1.81. The number of aromatic nitrogens is 2. The fourth-order valence-corrected chi connectivity index (χ4v) is 2.79. The molecule has 1 aliphatic heterocycles. The predicted octanol–water partition coefficient (Wildman–Crippen LogP) is 0.468. The van der Waals surface area contributed by atoms with Gasteiger partial charge in [-0.15, -0.1) is 0 Å². The molecule has 0 atom stereocenters. The van der Waals surface area contributed by atoms with Crippen LogP contribution in [0.3, 0.4) is 0 Å². The molecule has 0 radical (unpaired) electrons. The van der Waals surface area contributed by atoms with Gasteiger partial charge in [0.15, 0.2) is 5.16 Å². The van der Waals surface area contributed by atoms with Crippen molar-refractivity contribution in [3.05, 3.63) is 22.6 Å². The highest BCUT2D eigenvalue weighted by Crippen LogP contribution is 2.18. The smallest absolute Gasteiger partial charge is 0.324 e. The highest BCUT2D eigenvalue weighted by molar-refractivity contribution is 7.99. The second-order valence-corrected chi connectivity index (χ2v) is 5.56. The van der Waals surface area contributed by atoms with Gasteiger partial charge in [-0.2, -0.15) is 4.98 Å². The number of amides is 3. The third-order valence-corrected chi connectivity index (χ3v) is 3.79. The van der Waals surface area contributed by atoms with E-state index in [1.54, 1.807) is 6.20 Å². The van der Waals surface area contributed by atoms with Crippen LogP contribution in [-0.2, 0) is 4.79 Å². The fraction of sp³-hybridized carbons (Fsp3) is 0.500. The normalized spacial score (nSPS) is 14.8. The molecule has 0 bridgehead atoms. The summed E-state index contributed by atoms with van der Waals surface area (Å²) in [5.74, 6) is -0.199. The summed E-state index contributed by atoms with van der Waals surface area (Å²) < 4.78 is 1.82. The summed E-state index contributed by atoms with van der Waals surface area (Å²) in [6.45, 7) is 4.80. The summed E-state index contributed by atoms with van der Waals surface area (Å²) in [6, 6.07) is 1.16. The van der Waals surface area contributed by atoms with Gasteiger partial charge in [-0.1, -0.05) is 11.8 Å². The zero-order valence-electron chi connectivity index (χ0n) is 11.3. The van der Waals surface area contributed by atoms with E-state index in [1.165, 1.54) is 22.7 Å². The number of hydrogen-bond acceptors (Lipinski definition) is 5. The first-order valence-corrected chi connectivity index (χ1v) is 7.28. The molecule has 1 fully saturated rings. The van der Waals surface area contributed by atoms with Gasteiger partial charge < -0.3 is 9.88 Å². The van der Waals surface area contributed by atoms with E-state index in [4.69, 9.17) is 0 Å². The van der Waals surface area contributed by atoms with E-state index >= 15 is 0 Å². The first-order valence-electron chi connectivity index (χ1n) is 6.29. The Bertz CT molecular complexity index is 584. The molecule has 2 rings (SSSR count). The van der Waals surface area contributed by atoms with Crippen molar-refractivity contribution >= 4 is 23.7 Å². The van der Waals surface area contributed by atoms with Gasteiger partial charge in [-0.3, -0.25) is 14.5 Å². The molecule has 0 aromatic carbocycles. The van der Waals surface area contributed by atoms with Crippen molar-refractivity contribution in [1.82, 2.24) is 19.8 Å². The van der Waals surface area contributed by atoms with Gasteiger partial charge in [0.1, 0.15) is 0 Å². The van der Waals surface area contributed by atoms with Crippen molar-refractivity contribution < 1.29 is 9.59 Å². The van der Waals surface area contributed by atoms with E-state index < -0.39 is 0 Å². The average molecular weight is 296 g/mol. The van der Waals surface area contributed by atoms with Crippen LogP contribution in [0.5, 0.6) is 0 Å². The molecule has 1 N–H and O–H groups in total. The number of imide groups is 1. The predicted molar refractivity (Wildman–Crippen MR) is 74.7 cm³/mol. The standard InChI is InChI=1S/C12H16N4O3S/c1-8(2)15-5-3-9(17)14-12(15)20-7-10(18)16-6-4-13-11(16)19/h3,5,8H,4,6-7H2,1-2H3,(H,13,19). The summed E-state index contributed by atoms with van der Waals surface area (Å²) >= 11 is 1.17. The van der Waals surface area contributed by atoms with Crippen LogP contribution >= 0.6 is 11.8 Å². The zero-order valence-corrected chi connectivity index (χ0v) is 12.1. The molecule has 7 nitrogen and oxygen atoms in total. The summed E-state index contributed by atoms with van der Waals surface area (Å²) in [5.41, 5.74) is -0.337. The number of carbonyl (C=O) groups is 2.